The monoisotopic (exact) mass is 250 g/mol. The summed E-state index contributed by atoms with van der Waals surface area (Å²) in [4.78, 5) is 28.8. The number of rotatable bonds is 2. The molecule has 0 unspecified atom stereocenters. The number of furan rings is 2. The van der Waals surface area contributed by atoms with Crippen LogP contribution in [0.1, 0.15) is 35.0 Å². The molecule has 0 amide bonds. The van der Waals surface area contributed by atoms with Crippen LogP contribution in [-0.2, 0) is 4.79 Å². The molecule has 18 heavy (non-hydrogen) atoms. The first kappa shape index (κ1) is 15.6. The summed E-state index contributed by atoms with van der Waals surface area (Å²) in [5.41, 5.74) is 0. The van der Waals surface area contributed by atoms with E-state index in [1.54, 1.807) is 24.3 Å². The molecule has 0 aliphatic carbocycles. The van der Waals surface area contributed by atoms with Crippen molar-refractivity contribution in [3.63, 3.8) is 0 Å². The van der Waals surface area contributed by atoms with Crippen molar-refractivity contribution in [2.75, 3.05) is 0 Å². The van der Waals surface area contributed by atoms with E-state index in [-0.39, 0.29) is 11.6 Å². The molecular formula is C13H14O5. The van der Waals surface area contributed by atoms with Crippen LogP contribution in [0.25, 0.3) is 0 Å². The normalized spacial score (nSPS) is 8.33. The summed E-state index contributed by atoms with van der Waals surface area (Å²) in [7, 11) is 0. The highest BCUT2D eigenvalue weighted by Crippen LogP contribution is 1.99. The number of hydrogen-bond donors (Lipinski definition) is 0. The molecule has 0 aliphatic rings. The molecule has 0 aliphatic heterocycles. The molecule has 0 aromatic carbocycles. The molecule has 0 saturated heterocycles. The van der Waals surface area contributed by atoms with Gasteiger partial charge in [-0.15, -0.1) is 0 Å². The lowest BCUT2D eigenvalue weighted by molar-refractivity contribution is -0.0980. The van der Waals surface area contributed by atoms with Gasteiger partial charge in [0, 0.05) is 13.8 Å². The van der Waals surface area contributed by atoms with Crippen LogP contribution in [-0.4, -0.2) is 18.4 Å². The molecule has 2 heterocycles. The predicted molar refractivity (Wildman–Crippen MR) is 64.5 cm³/mol. The van der Waals surface area contributed by atoms with Gasteiger partial charge >= 0.3 is 0 Å². The summed E-state index contributed by atoms with van der Waals surface area (Å²) < 4.78 is 9.49. The number of Topliss-reactive ketones (excluding diaryl/α,β-unsaturated/α-hetero) is 2. The number of ketones is 2. The Balaban J connectivity index is 0.000000283. The molecule has 0 spiro atoms. The van der Waals surface area contributed by atoms with Gasteiger partial charge in [0.05, 0.1) is 12.5 Å². The lowest BCUT2D eigenvalue weighted by Gasteiger charge is -1.80. The van der Waals surface area contributed by atoms with Gasteiger partial charge in [0.15, 0.2) is 23.1 Å². The maximum Gasteiger partial charge on any atom is 0.194 e. The summed E-state index contributed by atoms with van der Waals surface area (Å²) in [6.07, 6.45) is 2.97. The smallest absolute Gasteiger partial charge is 0.194 e. The standard InChI is InChI=1S/2C6H6O2.CH2O/c2*1-5(7)6-3-2-4-8-6;1-2/h2*2-4H,1H3;1H2. The summed E-state index contributed by atoms with van der Waals surface area (Å²) >= 11 is 0. The summed E-state index contributed by atoms with van der Waals surface area (Å²) in [6.45, 7) is 4.94. The molecule has 5 heteroatoms. The van der Waals surface area contributed by atoms with Crippen LogP contribution in [0.5, 0.6) is 0 Å². The van der Waals surface area contributed by atoms with E-state index in [2.05, 4.69) is 0 Å². The van der Waals surface area contributed by atoms with Crippen molar-refractivity contribution in [3.05, 3.63) is 48.3 Å². The zero-order valence-corrected chi connectivity index (χ0v) is 10.2. The van der Waals surface area contributed by atoms with Gasteiger partial charge in [-0.05, 0) is 24.3 Å². The van der Waals surface area contributed by atoms with Gasteiger partial charge in [-0.2, -0.15) is 0 Å². The Labute approximate surface area is 104 Å². The first-order valence-electron chi connectivity index (χ1n) is 4.99. The summed E-state index contributed by atoms with van der Waals surface area (Å²) in [5, 5.41) is 0. The highest BCUT2D eigenvalue weighted by atomic mass is 16.3. The Morgan fingerprint density at radius 2 is 1.22 bits per heavy atom. The predicted octanol–water partition coefficient (Wildman–Crippen LogP) is 2.78. The molecule has 0 fully saturated rings. The molecule has 0 saturated carbocycles. The highest BCUT2D eigenvalue weighted by Gasteiger charge is 1.98. The lowest BCUT2D eigenvalue weighted by Crippen LogP contribution is -1.85. The van der Waals surface area contributed by atoms with E-state index in [1.807, 2.05) is 6.79 Å². The molecule has 0 atom stereocenters. The molecule has 2 aromatic heterocycles. The van der Waals surface area contributed by atoms with E-state index in [1.165, 1.54) is 26.4 Å². The largest absolute Gasteiger partial charge is 0.461 e. The van der Waals surface area contributed by atoms with Crippen LogP contribution < -0.4 is 0 Å². The van der Waals surface area contributed by atoms with Crippen LogP contribution in [0.3, 0.4) is 0 Å². The number of carbonyl (C=O) groups excluding carboxylic acids is 3. The minimum Gasteiger partial charge on any atom is -0.461 e. The first-order valence-corrected chi connectivity index (χ1v) is 4.99. The zero-order chi connectivity index (χ0) is 14.0. The topological polar surface area (TPSA) is 77.5 Å². The molecule has 2 aromatic rings. The van der Waals surface area contributed by atoms with Crippen molar-refractivity contribution in [3.8, 4) is 0 Å². The Morgan fingerprint density at radius 3 is 1.33 bits per heavy atom. The summed E-state index contributed by atoms with van der Waals surface area (Å²) in [5.74, 6) is 0.778. The van der Waals surface area contributed by atoms with Crippen molar-refractivity contribution in [1.29, 1.82) is 0 Å². The number of carbonyl (C=O) groups is 3. The molecule has 96 valence electrons. The van der Waals surface area contributed by atoms with Gasteiger partial charge in [-0.1, -0.05) is 0 Å². The van der Waals surface area contributed by atoms with Crippen LogP contribution in [0, 0.1) is 0 Å². The molecule has 0 bridgehead atoms. The maximum absolute atomic E-state index is 10.4. The van der Waals surface area contributed by atoms with Crippen molar-refractivity contribution < 1.29 is 23.2 Å². The van der Waals surface area contributed by atoms with E-state index in [4.69, 9.17) is 13.6 Å². The molecule has 0 N–H and O–H groups in total. The maximum atomic E-state index is 10.4. The van der Waals surface area contributed by atoms with Crippen LogP contribution >= 0.6 is 0 Å². The second-order valence-electron chi connectivity index (χ2n) is 3.07. The Bertz CT molecular complexity index is 409. The zero-order valence-electron chi connectivity index (χ0n) is 10.2. The van der Waals surface area contributed by atoms with Crippen LogP contribution in [0.4, 0.5) is 0 Å². The molecule has 2 rings (SSSR count). The molecule has 5 nitrogen and oxygen atoms in total. The fourth-order valence-electron chi connectivity index (χ4n) is 0.958. The van der Waals surface area contributed by atoms with Crippen LogP contribution in [0.15, 0.2) is 45.6 Å². The minimum absolute atomic E-state index is 0.0324. The van der Waals surface area contributed by atoms with Crippen LogP contribution in [0.2, 0.25) is 0 Å². The van der Waals surface area contributed by atoms with E-state index < -0.39 is 0 Å². The average Bonchev–Trinajstić information content (AvgIpc) is 3.06. The van der Waals surface area contributed by atoms with E-state index >= 15 is 0 Å². The first-order chi connectivity index (χ1) is 8.61. The van der Waals surface area contributed by atoms with Crippen molar-refractivity contribution in [1.82, 2.24) is 0 Å². The third kappa shape index (κ3) is 5.60. The SMILES string of the molecule is C=O.CC(=O)c1ccco1.CC(=O)c1ccco1. The summed E-state index contributed by atoms with van der Waals surface area (Å²) in [6, 6.07) is 6.66. The average molecular weight is 250 g/mol. The molecular weight excluding hydrogens is 236 g/mol. The second-order valence-corrected chi connectivity index (χ2v) is 3.07. The highest BCUT2D eigenvalue weighted by molar-refractivity contribution is 5.91. The van der Waals surface area contributed by atoms with E-state index in [0.29, 0.717) is 11.5 Å². The Morgan fingerprint density at radius 1 is 0.889 bits per heavy atom. The van der Waals surface area contributed by atoms with E-state index in [9.17, 15) is 9.59 Å². The third-order valence-corrected chi connectivity index (χ3v) is 1.74. The second kappa shape index (κ2) is 8.69. The third-order valence-electron chi connectivity index (χ3n) is 1.74. The van der Waals surface area contributed by atoms with Gasteiger partial charge in [0.25, 0.3) is 0 Å². The van der Waals surface area contributed by atoms with Crippen molar-refractivity contribution >= 4 is 18.4 Å². The Kier molecular flexibility index (Phi) is 7.52. The Hall–Kier alpha value is -2.43. The number of hydrogen-bond acceptors (Lipinski definition) is 5. The molecule has 0 radical (unpaired) electrons. The fraction of sp³-hybridized carbons (Fsp3) is 0.154. The van der Waals surface area contributed by atoms with Gasteiger partial charge in [-0.25, -0.2) is 0 Å². The van der Waals surface area contributed by atoms with E-state index in [0.717, 1.165) is 0 Å². The lowest BCUT2D eigenvalue weighted by atomic mass is 10.3. The van der Waals surface area contributed by atoms with Gasteiger partial charge in [-0.3, -0.25) is 9.59 Å². The fourth-order valence-corrected chi connectivity index (χ4v) is 0.958. The minimum atomic E-state index is -0.0324. The quantitative estimate of drug-likeness (QED) is 0.766. The van der Waals surface area contributed by atoms with Crippen molar-refractivity contribution in [2.45, 2.75) is 13.8 Å². The van der Waals surface area contributed by atoms with Crippen molar-refractivity contribution in [2.24, 2.45) is 0 Å². The van der Waals surface area contributed by atoms with Gasteiger partial charge in [0.1, 0.15) is 6.79 Å². The van der Waals surface area contributed by atoms with Gasteiger partial charge in [0.2, 0.25) is 0 Å². The van der Waals surface area contributed by atoms with Gasteiger partial charge < -0.3 is 13.6 Å².